The molecule has 0 fully saturated rings. The molecule has 1 atom stereocenters. The molecule has 0 saturated heterocycles. The van der Waals surface area contributed by atoms with Crippen LogP contribution in [0.25, 0.3) is 10.9 Å². The topological polar surface area (TPSA) is 76.5 Å². The second kappa shape index (κ2) is 8.46. The minimum Gasteiger partial charge on any atom is -0.493 e. The third kappa shape index (κ3) is 4.17. The molecule has 1 heterocycles. The lowest BCUT2D eigenvalue weighted by Gasteiger charge is -2.30. The summed E-state index contributed by atoms with van der Waals surface area (Å²) >= 11 is 0. The van der Waals surface area contributed by atoms with Crippen LogP contribution in [0.1, 0.15) is 43.8 Å². The molecule has 3 aromatic rings. The predicted molar refractivity (Wildman–Crippen MR) is 116 cm³/mol. The van der Waals surface area contributed by atoms with Crippen molar-refractivity contribution in [3.63, 3.8) is 0 Å². The Bertz CT molecular complexity index is 1150. The van der Waals surface area contributed by atoms with Crippen LogP contribution in [0.2, 0.25) is 0 Å². The third-order valence-corrected chi connectivity index (χ3v) is 5.27. The summed E-state index contributed by atoms with van der Waals surface area (Å²) in [6.07, 6.45) is 0. The molecule has 1 aromatic heterocycles. The zero-order valence-electron chi connectivity index (χ0n) is 18.8. The molecule has 6 nitrogen and oxygen atoms in total. The summed E-state index contributed by atoms with van der Waals surface area (Å²) in [7, 11) is 3.01. The number of methoxy groups -OCH3 is 2. The summed E-state index contributed by atoms with van der Waals surface area (Å²) in [4.78, 5) is 8.81. The van der Waals surface area contributed by atoms with Crippen molar-refractivity contribution in [2.24, 2.45) is 0 Å². The molecule has 2 N–H and O–H groups in total. The van der Waals surface area contributed by atoms with Crippen molar-refractivity contribution in [1.82, 2.24) is 9.97 Å². The van der Waals surface area contributed by atoms with Gasteiger partial charge in [-0.2, -0.15) is 8.78 Å². The highest BCUT2D eigenvalue weighted by atomic mass is 19.3. The standard InChI is InChI=1S/C23H26F3N3O3/c1-12(14-8-7-9-16(20(14)24)23(25,26)22(3,4)30)27-21-15-10-18(31-5)19(32-6)11-17(15)28-13(2)29-21/h7-12,30H,1-6H3,(H,27,28,29)/t12-/m1/s1. The highest BCUT2D eigenvalue weighted by Crippen LogP contribution is 2.41. The first kappa shape index (κ1) is 23.6. The third-order valence-electron chi connectivity index (χ3n) is 5.27. The lowest BCUT2D eigenvalue weighted by molar-refractivity contribution is -0.170. The zero-order chi connectivity index (χ0) is 23.8. The molecular formula is C23H26F3N3O3. The van der Waals surface area contributed by atoms with Gasteiger partial charge in [0.15, 0.2) is 11.5 Å². The Balaban J connectivity index is 2.06. The number of hydrogen-bond donors (Lipinski definition) is 2. The molecule has 0 aliphatic carbocycles. The first-order chi connectivity index (χ1) is 14.9. The number of rotatable bonds is 7. The second-order valence-electron chi connectivity index (χ2n) is 8.05. The van der Waals surface area contributed by atoms with Crippen molar-refractivity contribution in [3.05, 3.63) is 53.1 Å². The van der Waals surface area contributed by atoms with E-state index in [1.54, 1.807) is 26.0 Å². The van der Waals surface area contributed by atoms with Crippen LogP contribution < -0.4 is 14.8 Å². The zero-order valence-corrected chi connectivity index (χ0v) is 18.8. The maximum atomic E-state index is 15.2. The average molecular weight is 449 g/mol. The first-order valence-electron chi connectivity index (χ1n) is 9.96. The summed E-state index contributed by atoms with van der Waals surface area (Å²) in [6.45, 7) is 5.22. The number of nitrogens with one attached hydrogen (secondary N) is 1. The highest BCUT2D eigenvalue weighted by Gasteiger charge is 2.49. The van der Waals surface area contributed by atoms with E-state index in [2.05, 4.69) is 15.3 Å². The van der Waals surface area contributed by atoms with Gasteiger partial charge in [-0.3, -0.25) is 0 Å². The number of aliphatic hydroxyl groups is 1. The Kier molecular flexibility index (Phi) is 6.24. The van der Waals surface area contributed by atoms with Crippen LogP contribution in [0, 0.1) is 12.7 Å². The molecule has 0 radical (unpaired) electrons. The van der Waals surface area contributed by atoms with Gasteiger partial charge in [-0.15, -0.1) is 0 Å². The maximum Gasteiger partial charge on any atom is 0.303 e. The van der Waals surface area contributed by atoms with Gasteiger partial charge in [0, 0.05) is 17.0 Å². The molecule has 0 saturated carbocycles. The molecule has 0 aliphatic heterocycles. The average Bonchev–Trinajstić information content (AvgIpc) is 2.71. The fourth-order valence-electron chi connectivity index (χ4n) is 3.42. The monoisotopic (exact) mass is 449 g/mol. The number of aromatic nitrogens is 2. The lowest BCUT2D eigenvalue weighted by atomic mass is 9.91. The van der Waals surface area contributed by atoms with Crippen LogP contribution in [0.4, 0.5) is 19.0 Å². The van der Waals surface area contributed by atoms with Crippen molar-refractivity contribution in [2.75, 3.05) is 19.5 Å². The van der Waals surface area contributed by atoms with Crippen molar-refractivity contribution in [3.8, 4) is 11.5 Å². The van der Waals surface area contributed by atoms with Crippen LogP contribution >= 0.6 is 0 Å². The van der Waals surface area contributed by atoms with Crippen LogP contribution in [-0.4, -0.2) is 34.9 Å². The van der Waals surface area contributed by atoms with E-state index in [1.807, 2.05) is 0 Å². The summed E-state index contributed by atoms with van der Waals surface area (Å²) in [6, 6.07) is 6.39. The Hall–Kier alpha value is -3.07. The lowest BCUT2D eigenvalue weighted by Crippen LogP contribution is -2.41. The predicted octanol–water partition coefficient (Wildman–Crippen LogP) is 5.13. The molecule has 0 aliphatic rings. The van der Waals surface area contributed by atoms with Crippen LogP contribution in [0.5, 0.6) is 11.5 Å². The summed E-state index contributed by atoms with van der Waals surface area (Å²) < 4.78 is 55.1. The van der Waals surface area contributed by atoms with E-state index >= 15 is 4.39 Å². The quantitative estimate of drug-likeness (QED) is 0.521. The summed E-state index contributed by atoms with van der Waals surface area (Å²) in [5.74, 6) is -3.07. The molecule has 0 unspecified atom stereocenters. The molecule has 9 heteroatoms. The van der Waals surface area contributed by atoms with Gasteiger partial charge < -0.3 is 19.9 Å². The van der Waals surface area contributed by atoms with E-state index in [0.29, 0.717) is 34.0 Å². The van der Waals surface area contributed by atoms with Gasteiger partial charge in [0.1, 0.15) is 23.1 Å². The van der Waals surface area contributed by atoms with Gasteiger partial charge in [-0.1, -0.05) is 12.1 Å². The molecule has 3 rings (SSSR count). The molecule has 2 aromatic carbocycles. The van der Waals surface area contributed by atoms with Gasteiger partial charge >= 0.3 is 5.92 Å². The number of ether oxygens (including phenoxy) is 2. The number of anilines is 1. The molecule has 172 valence electrons. The van der Waals surface area contributed by atoms with Gasteiger partial charge in [-0.25, -0.2) is 14.4 Å². The van der Waals surface area contributed by atoms with E-state index in [-0.39, 0.29) is 5.56 Å². The minimum absolute atomic E-state index is 0.0105. The number of aryl methyl sites for hydroxylation is 1. The SMILES string of the molecule is COc1cc2nc(C)nc(N[C@H](C)c3cccc(C(F)(F)C(C)(C)O)c3F)c2cc1OC. The Morgan fingerprint density at radius 1 is 1.06 bits per heavy atom. The number of nitrogens with zero attached hydrogens (tertiary/aromatic N) is 2. The van der Waals surface area contributed by atoms with Crippen molar-refractivity contribution >= 4 is 16.7 Å². The number of halogens is 3. The Morgan fingerprint density at radius 2 is 1.69 bits per heavy atom. The first-order valence-corrected chi connectivity index (χ1v) is 9.96. The van der Waals surface area contributed by atoms with E-state index in [1.165, 1.54) is 26.4 Å². The van der Waals surface area contributed by atoms with Crippen molar-refractivity contribution in [1.29, 1.82) is 0 Å². The fourth-order valence-corrected chi connectivity index (χ4v) is 3.42. The summed E-state index contributed by atoms with van der Waals surface area (Å²) in [5, 5.41) is 13.5. The molecule has 0 bridgehead atoms. The van der Waals surface area contributed by atoms with Gasteiger partial charge in [0.2, 0.25) is 0 Å². The highest BCUT2D eigenvalue weighted by molar-refractivity contribution is 5.92. The Morgan fingerprint density at radius 3 is 2.28 bits per heavy atom. The van der Waals surface area contributed by atoms with Crippen LogP contribution in [-0.2, 0) is 5.92 Å². The number of hydrogen-bond acceptors (Lipinski definition) is 6. The maximum absolute atomic E-state index is 15.2. The number of fused-ring (bicyclic) bond motifs is 1. The van der Waals surface area contributed by atoms with Crippen LogP contribution in [0.3, 0.4) is 0 Å². The van der Waals surface area contributed by atoms with Gasteiger partial charge in [-0.05, 0) is 39.8 Å². The minimum atomic E-state index is -3.78. The fraction of sp³-hybridized carbons (Fsp3) is 0.391. The number of benzene rings is 2. The molecule has 0 amide bonds. The normalized spacial score (nSPS) is 13.2. The van der Waals surface area contributed by atoms with Gasteiger partial charge in [0.25, 0.3) is 0 Å². The van der Waals surface area contributed by atoms with E-state index in [9.17, 15) is 13.9 Å². The second-order valence-corrected chi connectivity index (χ2v) is 8.05. The van der Waals surface area contributed by atoms with E-state index in [4.69, 9.17) is 9.47 Å². The summed E-state index contributed by atoms with van der Waals surface area (Å²) in [5.41, 5.74) is -2.71. The van der Waals surface area contributed by atoms with Crippen molar-refractivity contribution < 1.29 is 27.8 Å². The van der Waals surface area contributed by atoms with Crippen molar-refractivity contribution in [2.45, 2.75) is 45.3 Å². The van der Waals surface area contributed by atoms with Gasteiger partial charge in [0.05, 0.1) is 31.3 Å². The molecule has 32 heavy (non-hydrogen) atoms. The van der Waals surface area contributed by atoms with E-state index in [0.717, 1.165) is 19.9 Å². The van der Waals surface area contributed by atoms with E-state index < -0.39 is 28.9 Å². The molecule has 0 spiro atoms. The van der Waals surface area contributed by atoms with Crippen LogP contribution in [0.15, 0.2) is 30.3 Å². The Labute approximate surface area is 184 Å². The smallest absolute Gasteiger partial charge is 0.303 e. The molecular weight excluding hydrogens is 423 g/mol. The number of alkyl halides is 2. The largest absolute Gasteiger partial charge is 0.493 e.